The van der Waals surface area contributed by atoms with Crippen LogP contribution in [0.5, 0.6) is 11.5 Å². The van der Waals surface area contributed by atoms with Gasteiger partial charge >= 0.3 is 0 Å². The molecule has 2 heteroatoms. The number of rotatable bonds is 2. The molecule has 0 atom stereocenters. The fourth-order valence-electron chi connectivity index (χ4n) is 6.37. The van der Waals surface area contributed by atoms with Crippen LogP contribution in [0.3, 0.4) is 0 Å². The maximum atomic E-state index is 6.48. The first-order valence-electron chi connectivity index (χ1n) is 13.4. The van der Waals surface area contributed by atoms with Gasteiger partial charge in [-0.1, -0.05) is 111 Å². The van der Waals surface area contributed by atoms with E-state index >= 15 is 0 Å². The molecule has 1 aliphatic heterocycles. The van der Waals surface area contributed by atoms with Crippen molar-refractivity contribution in [3.8, 4) is 33.8 Å². The molecule has 0 fully saturated rings. The van der Waals surface area contributed by atoms with Gasteiger partial charge in [0.05, 0.1) is 0 Å². The summed E-state index contributed by atoms with van der Waals surface area (Å²) >= 11 is 0. The van der Waals surface area contributed by atoms with E-state index < -0.39 is 0 Å². The van der Waals surface area contributed by atoms with Gasteiger partial charge in [-0.2, -0.15) is 0 Å². The van der Waals surface area contributed by atoms with Crippen LogP contribution >= 0.6 is 0 Å². The molecule has 1 aromatic heterocycles. The number of furan rings is 1. The molecule has 2 heterocycles. The average molecular weight is 503 g/mol. The topological polar surface area (TPSA) is 22.4 Å². The summed E-state index contributed by atoms with van der Waals surface area (Å²) in [5.74, 6) is 1.85. The molecule has 0 bridgehead atoms. The van der Waals surface area contributed by atoms with Crippen LogP contribution in [0.25, 0.3) is 55.0 Å². The van der Waals surface area contributed by atoms with Crippen molar-refractivity contribution in [3.05, 3.63) is 132 Å². The van der Waals surface area contributed by atoms with Gasteiger partial charge in [0, 0.05) is 32.7 Å². The molecule has 1 aliphatic rings. The minimum atomic E-state index is -0.133. The number of hydrogen-bond donors (Lipinski definition) is 0. The lowest BCUT2D eigenvalue weighted by molar-refractivity contribution is 0.418. The number of para-hydroxylation sites is 1. The van der Waals surface area contributed by atoms with Crippen molar-refractivity contribution >= 4 is 32.7 Å². The summed E-state index contributed by atoms with van der Waals surface area (Å²) in [5.41, 5.74) is 8.78. The van der Waals surface area contributed by atoms with Crippen molar-refractivity contribution in [2.24, 2.45) is 0 Å². The van der Waals surface area contributed by atoms with Crippen LogP contribution in [0, 0.1) is 0 Å². The van der Waals surface area contributed by atoms with Crippen molar-refractivity contribution in [2.45, 2.75) is 19.3 Å². The lowest BCUT2D eigenvalue weighted by Gasteiger charge is -2.34. The Labute approximate surface area is 227 Å². The lowest BCUT2D eigenvalue weighted by atomic mass is 9.75. The van der Waals surface area contributed by atoms with E-state index in [0.717, 1.165) is 44.4 Å². The van der Waals surface area contributed by atoms with Gasteiger partial charge in [-0.3, -0.25) is 0 Å². The Morgan fingerprint density at radius 1 is 0.538 bits per heavy atom. The highest BCUT2D eigenvalue weighted by molar-refractivity contribution is 6.19. The van der Waals surface area contributed by atoms with Crippen molar-refractivity contribution in [1.29, 1.82) is 0 Å². The van der Waals surface area contributed by atoms with Crippen molar-refractivity contribution in [2.75, 3.05) is 0 Å². The fraction of sp³-hybridized carbons (Fsp3) is 0.0811. The lowest BCUT2D eigenvalue weighted by Crippen LogP contribution is -2.24. The van der Waals surface area contributed by atoms with Crippen molar-refractivity contribution in [1.82, 2.24) is 0 Å². The quantitative estimate of drug-likeness (QED) is 0.235. The molecule has 0 unspecified atom stereocenters. The average Bonchev–Trinajstić information content (AvgIpc) is 3.37. The molecule has 0 saturated carbocycles. The summed E-state index contributed by atoms with van der Waals surface area (Å²) in [6, 6.07) is 42.8. The van der Waals surface area contributed by atoms with Crippen LogP contribution < -0.4 is 4.74 Å². The zero-order valence-corrected chi connectivity index (χ0v) is 21.9. The van der Waals surface area contributed by atoms with E-state index in [1.54, 1.807) is 0 Å². The highest BCUT2D eigenvalue weighted by Crippen LogP contribution is 2.49. The molecule has 186 valence electrons. The molecular weight excluding hydrogens is 476 g/mol. The molecule has 8 rings (SSSR count). The summed E-state index contributed by atoms with van der Waals surface area (Å²) in [4.78, 5) is 0. The third-order valence-corrected chi connectivity index (χ3v) is 8.35. The Morgan fingerprint density at radius 2 is 1.28 bits per heavy atom. The third-order valence-electron chi connectivity index (χ3n) is 8.35. The summed E-state index contributed by atoms with van der Waals surface area (Å²) in [6.07, 6.45) is 0. The Kier molecular flexibility index (Phi) is 4.60. The molecule has 0 amide bonds. The number of ether oxygens (including phenoxy) is 1. The van der Waals surface area contributed by atoms with Crippen LogP contribution in [0.2, 0.25) is 0 Å². The molecule has 0 N–H and O–H groups in total. The van der Waals surface area contributed by atoms with Crippen LogP contribution in [0.4, 0.5) is 0 Å². The van der Waals surface area contributed by atoms with Crippen molar-refractivity contribution < 1.29 is 9.15 Å². The number of fused-ring (bicyclic) bond motifs is 7. The fourth-order valence-corrected chi connectivity index (χ4v) is 6.37. The standard InChI is InChI=1S/C37H26O2/c1-37(2)30-15-7-8-16-32(30)38-34-22-24(19-21-31(34)37)25-11-5-6-13-27(25)28-14-9-17-33-35(28)29-20-18-23-10-3-4-12-26(23)36(29)39-33/h3-22H,1-2H3. The summed E-state index contributed by atoms with van der Waals surface area (Å²) in [7, 11) is 0. The molecule has 6 aromatic carbocycles. The zero-order valence-electron chi connectivity index (χ0n) is 21.9. The van der Waals surface area contributed by atoms with Gasteiger partial charge in [0.1, 0.15) is 22.7 Å². The Hall–Kier alpha value is -4.82. The molecule has 0 spiro atoms. The van der Waals surface area contributed by atoms with Gasteiger partial charge in [-0.25, -0.2) is 0 Å². The molecule has 0 aliphatic carbocycles. The summed E-state index contributed by atoms with van der Waals surface area (Å²) < 4.78 is 12.9. The molecule has 2 nitrogen and oxygen atoms in total. The third kappa shape index (κ3) is 3.21. The number of benzene rings is 6. The van der Waals surface area contributed by atoms with E-state index in [-0.39, 0.29) is 5.41 Å². The van der Waals surface area contributed by atoms with E-state index in [1.165, 1.54) is 33.2 Å². The Bertz CT molecular complexity index is 2080. The first-order valence-corrected chi connectivity index (χ1v) is 13.4. The summed E-state index contributed by atoms with van der Waals surface area (Å²) in [6.45, 7) is 4.55. The minimum absolute atomic E-state index is 0.133. The van der Waals surface area contributed by atoms with Crippen LogP contribution in [0.1, 0.15) is 25.0 Å². The van der Waals surface area contributed by atoms with Gasteiger partial charge in [0.15, 0.2) is 0 Å². The van der Waals surface area contributed by atoms with E-state index in [1.807, 2.05) is 6.07 Å². The van der Waals surface area contributed by atoms with Gasteiger partial charge < -0.3 is 9.15 Å². The van der Waals surface area contributed by atoms with E-state index in [0.29, 0.717) is 0 Å². The Balaban J connectivity index is 1.33. The molecule has 0 radical (unpaired) electrons. The first kappa shape index (κ1) is 22.2. The van der Waals surface area contributed by atoms with Crippen LogP contribution in [-0.2, 0) is 5.41 Å². The molecule has 7 aromatic rings. The smallest absolute Gasteiger partial charge is 0.143 e. The minimum Gasteiger partial charge on any atom is -0.457 e. The predicted octanol–water partition coefficient (Wildman–Crippen LogP) is 10.5. The maximum absolute atomic E-state index is 6.48. The van der Waals surface area contributed by atoms with E-state index in [4.69, 9.17) is 9.15 Å². The maximum Gasteiger partial charge on any atom is 0.143 e. The highest BCUT2D eigenvalue weighted by atomic mass is 16.5. The van der Waals surface area contributed by atoms with E-state index in [9.17, 15) is 0 Å². The van der Waals surface area contributed by atoms with Gasteiger partial charge in [-0.15, -0.1) is 0 Å². The molecular formula is C37H26O2. The second-order valence-corrected chi connectivity index (χ2v) is 10.9. The second kappa shape index (κ2) is 8.09. The SMILES string of the molecule is CC1(C)c2ccccc2Oc2cc(-c3ccccc3-c3cccc4oc5c6ccccc6ccc5c34)ccc21. The monoisotopic (exact) mass is 502 g/mol. The molecule has 0 saturated heterocycles. The largest absolute Gasteiger partial charge is 0.457 e. The van der Waals surface area contributed by atoms with Gasteiger partial charge in [0.25, 0.3) is 0 Å². The van der Waals surface area contributed by atoms with E-state index in [2.05, 4.69) is 129 Å². The second-order valence-electron chi connectivity index (χ2n) is 10.9. The highest BCUT2D eigenvalue weighted by Gasteiger charge is 2.34. The van der Waals surface area contributed by atoms with Crippen LogP contribution in [-0.4, -0.2) is 0 Å². The van der Waals surface area contributed by atoms with Gasteiger partial charge in [-0.05, 0) is 51.9 Å². The predicted molar refractivity (Wildman–Crippen MR) is 161 cm³/mol. The van der Waals surface area contributed by atoms with Crippen LogP contribution in [0.15, 0.2) is 126 Å². The summed E-state index contributed by atoms with van der Waals surface area (Å²) in [5, 5.41) is 4.61. The molecule has 39 heavy (non-hydrogen) atoms. The van der Waals surface area contributed by atoms with Gasteiger partial charge in [0.2, 0.25) is 0 Å². The zero-order chi connectivity index (χ0) is 26.1. The normalized spacial score (nSPS) is 13.8. The number of hydrogen-bond acceptors (Lipinski definition) is 2. The van der Waals surface area contributed by atoms with Crippen molar-refractivity contribution in [3.63, 3.8) is 0 Å². The Morgan fingerprint density at radius 3 is 2.21 bits per heavy atom. The first-order chi connectivity index (χ1) is 19.1.